The van der Waals surface area contributed by atoms with Crippen molar-refractivity contribution >= 4 is 0 Å². The molecule has 1 unspecified atom stereocenters. The van der Waals surface area contributed by atoms with Crippen molar-refractivity contribution in [2.75, 3.05) is 6.54 Å². The monoisotopic (exact) mass is 244 g/mol. The lowest BCUT2D eigenvalue weighted by molar-refractivity contribution is 0.449. The van der Waals surface area contributed by atoms with Gasteiger partial charge in [0.2, 0.25) is 0 Å². The third-order valence-corrected chi connectivity index (χ3v) is 3.33. The SMILES string of the molecule is CCn1nc2n(c1=O)CCNC2c1ccccc1. The van der Waals surface area contributed by atoms with Crippen LogP contribution in [0.5, 0.6) is 0 Å². The molecule has 1 aliphatic heterocycles. The molecule has 1 aromatic heterocycles. The Balaban J connectivity index is 2.10. The molecule has 0 spiro atoms. The summed E-state index contributed by atoms with van der Waals surface area (Å²) in [4.78, 5) is 12.1. The van der Waals surface area contributed by atoms with E-state index in [0.717, 1.165) is 17.9 Å². The summed E-state index contributed by atoms with van der Waals surface area (Å²) >= 11 is 0. The van der Waals surface area contributed by atoms with Crippen LogP contribution in [0.4, 0.5) is 0 Å². The lowest BCUT2D eigenvalue weighted by atomic mass is 10.1. The molecule has 5 heteroatoms. The fraction of sp³-hybridized carbons (Fsp3) is 0.385. The standard InChI is InChI=1S/C13H16N4O/c1-2-17-13(18)16-9-8-14-11(12(16)15-17)10-6-4-3-5-7-10/h3-7,11,14H,2,8-9H2,1H3. The molecule has 2 aromatic rings. The third kappa shape index (κ3) is 1.67. The van der Waals surface area contributed by atoms with Crippen molar-refractivity contribution in [1.82, 2.24) is 19.7 Å². The van der Waals surface area contributed by atoms with Crippen LogP contribution in [0.25, 0.3) is 0 Å². The van der Waals surface area contributed by atoms with Gasteiger partial charge in [-0.25, -0.2) is 9.48 Å². The van der Waals surface area contributed by atoms with Crippen LogP contribution in [0.2, 0.25) is 0 Å². The molecule has 5 nitrogen and oxygen atoms in total. The number of nitrogens with zero attached hydrogens (tertiary/aromatic N) is 3. The number of fused-ring (bicyclic) bond motifs is 1. The van der Waals surface area contributed by atoms with Gasteiger partial charge in [-0.3, -0.25) is 4.57 Å². The van der Waals surface area contributed by atoms with E-state index in [1.54, 1.807) is 4.57 Å². The van der Waals surface area contributed by atoms with E-state index >= 15 is 0 Å². The molecule has 2 heterocycles. The van der Waals surface area contributed by atoms with Crippen molar-refractivity contribution in [3.8, 4) is 0 Å². The summed E-state index contributed by atoms with van der Waals surface area (Å²) in [5.41, 5.74) is 1.14. The van der Waals surface area contributed by atoms with Gasteiger partial charge >= 0.3 is 5.69 Å². The Morgan fingerprint density at radius 2 is 2.17 bits per heavy atom. The molecule has 0 saturated heterocycles. The number of hydrogen-bond acceptors (Lipinski definition) is 3. The van der Waals surface area contributed by atoms with Crippen molar-refractivity contribution in [1.29, 1.82) is 0 Å². The first-order chi connectivity index (χ1) is 8.81. The fourth-order valence-electron chi connectivity index (χ4n) is 2.41. The molecule has 3 rings (SSSR count). The van der Waals surface area contributed by atoms with Gasteiger partial charge in [0.05, 0.1) is 6.04 Å². The van der Waals surface area contributed by atoms with Crippen LogP contribution in [0.3, 0.4) is 0 Å². The summed E-state index contributed by atoms with van der Waals surface area (Å²) in [5.74, 6) is 0.819. The lowest BCUT2D eigenvalue weighted by Gasteiger charge is -2.23. The molecule has 1 atom stereocenters. The minimum atomic E-state index is -0.00469. The summed E-state index contributed by atoms with van der Waals surface area (Å²) in [6.45, 7) is 4.03. The zero-order valence-electron chi connectivity index (χ0n) is 10.3. The quantitative estimate of drug-likeness (QED) is 0.848. The number of aromatic nitrogens is 3. The summed E-state index contributed by atoms with van der Waals surface area (Å²) in [6, 6.07) is 10.1. The minimum Gasteiger partial charge on any atom is -0.302 e. The molecule has 1 aliphatic rings. The molecule has 0 amide bonds. The highest BCUT2D eigenvalue weighted by atomic mass is 16.2. The van der Waals surface area contributed by atoms with Gasteiger partial charge in [0.25, 0.3) is 0 Å². The molecule has 0 bridgehead atoms. The fourth-order valence-corrected chi connectivity index (χ4v) is 2.41. The molecule has 1 N–H and O–H groups in total. The molecule has 94 valence electrons. The van der Waals surface area contributed by atoms with Crippen LogP contribution in [0.15, 0.2) is 35.1 Å². The van der Waals surface area contributed by atoms with Crippen molar-refractivity contribution in [3.05, 3.63) is 52.2 Å². The van der Waals surface area contributed by atoms with Crippen molar-refractivity contribution in [2.45, 2.75) is 26.1 Å². The predicted octanol–water partition coefficient (Wildman–Crippen LogP) is 0.757. The van der Waals surface area contributed by atoms with Crippen LogP contribution < -0.4 is 11.0 Å². The van der Waals surface area contributed by atoms with Gasteiger partial charge in [0.15, 0.2) is 5.82 Å². The van der Waals surface area contributed by atoms with Gasteiger partial charge in [-0.2, -0.15) is 5.10 Å². The van der Waals surface area contributed by atoms with E-state index < -0.39 is 0 Å². The number of hydrogen-bond donors (Lipinski definition) is 1. The Labute approximate surface area is 105 Å². The number of benzene rings is 1. The van der Waals surface area contributed by atoms with E-state index in [-0.39, 0.29) is 11.7 Å². The molecule has 0 radical (unpaired) electrons. The highest BCUT2D eigenvalue weighted by Crippen LogP contribution is 2.21. The minimum absolute atomic E-state index is 0.00469. The Hall–Kier alpha value is -1.88. The zero-order chi connectivity index (χ0) is 12.5. The molecule has 0 saturated carbocycles. The van der Waals surface area contributed by atoms with E-state index in [0.29, 0.717) is 13.1 Å². The Bertz CT molecular complexity index is 599. The maximum absolute atomic E-state index is 12.1. The van der Waals surface area contributed by atoms with Gasteiger partial charge in [-0.1, -0.05) is 30.3 Å². The summed E-state index contributed by atoms with van der Waals surface area (Å²) < 4.78 is 3.30. The van der Waals surface area contributed by atoms with Crippen LogP contribution >= 0.6 is 0 Å². The van der Waals surface area contributed by atoms with Gasteiger partial charge in [0, 0.05) is 19.6 Å². The Morgan fingerprint density at radius 1 is 1.39 bits per heavy atom. The highest BCUT2D eigenvalue weighted by molar-refractivity contribution is 5.25. The average molecular weight is 244 g/mol. The van der Waals surface area contributed by atoms with E-state index in [1.165, 1.54) is 4.68 Å². The predicted molar refractivity (Wildman–Crippen MR) is 68.4 cm³/mol. The molecular formula is C13H16N4O. The molecule has 18 heavy (non-hydrogen) atoms. The molecule has 0 aliphatic carbocycles. The smallest absolute Gasteiger partial charge is 0.302 e. The van der Waals surface area contributed by atoms with E-state index in [2.05, 4.69) is 22.5 Å². The third-order valence-electron chi connectivity index (χ3n) is 3.33. The highest BCUT2D eigenvalue weighted by Gasteiger charge is 2.26. The van der Waals surface area contributed by atoms with Gasteiger partial charge < -0.3 is 5.32 Å². The second-order valence-corrected chi connectivity index (χ2v) is 4.41. The average Bonchev–Trinajstić information content (AvgIpc) is 2.77. The van der Waals surface area contributed by atoms with Crippen molar-refractivity contribution in [2.24, 2.45) is 0 Å². The van der Waals surface area contributed by atoms with Crippen molar-refractivity contribution in [3.63, 3.8) is 0 Å². The first-order valence-electron chi connectivity index (χ1n) is 6.27. The largest absolute Gasteiger partial charge is 0.346 e. The van der Waals surface area contributed by atoms with Crippen LogP contribution in [-0.2, 0) is 13.1 Å². The second kappa shape index (κ2) is 4.42. The van der Waals surface area contributed by atoms with Crippen LogP contribution in [0, 0.1) is 0 Å². The molecule has 1 aromatic carbocycles. The van der Waals surface area contributed by atoms with E-state index in [4.69, 9.17) is 0 Å². The molecular weight excluding hydrogens is 228 g/mol. The topological polar surface area (TPSA) is 51.9 Å². The summed E-state index contributed by atoms with van der Waals surface area (Å²) in [5, 5.41) is 7.85. The van der Waals surface area contributed by atoms with Gasteiger partial charge in [-0.05, 0) is 12.5 Å². The Morgan fingerprint density at radius 3 is 2.89 bits per heavy atom. The number of rotatable bonds is 2. The van der Waals surface area contributed by atoms with Crippen LogP contribution in [0.1, 0.15) is 24.4 Å². The van der Waals surface area contributed by atoms with Gasteiger partial charge in [-0.15, -0.1) is 0 Å². The number of nitrogens with one attached hydrogen (secondary N) is 1. The zero-order valence-corrected chi connectivity index (χ0v) is 10.3. The number of aryl methyl sites for hydroxylation is 1. The Kier molecular flexibility index (Phi) is 2.76. The maximum atomic E-state index is 12.1. The molecule has 0 fully saturated rings. The van der Waals surface area contributed by atoms with E-state index in [9.17, 15) is 4.79 Å². The summed E-state index contributed by atoms with van der Waals surface area (Å²) in [7, 11) is 0. The lowest BCUT2D eigenvalue weighted by Crippen LogP contribution is -2.38. The van der Waals surface area contributed by atoms with Crippen LogP contribution in [-0.4, -0.2) is 20.9 Å². The first kappa shape index (κ1) is 11.2. The maximum Gasteiger partial charge on any atom is 0.346 e. The van der Waals surface area contributed by atoms with E-state index in [1.807, 2.05) is 25.1 Å². The second-order valence-electron chi connectivity index (χ2n) is 4.41. The summed E-state index contributed by atoms with van der Waals surface area (Å²) in [6.07, 6.45) is 0. The first-order valence-corrected chi connectivity index (χ1v) is 6.27. The van der Waals surface area contributed by atoms with Crippen molar-refractivity contribution < 1.29 is 0 Å². The van der Waals surface area contributed by atoms with Gasteiger partial charge in [0.1, 0.15) is 0 Å². The normalized spacial score (nSPS) is 18.6.